The van der Waals surface area contributed by atoms with Gasteiger partial charge in [0.2, 0.25) is 0 Å². The topological polar surface area (TPSA) is 38.9 Å². The molecule has 0 bridgehead atoms. The number of nitrogens with zero attached hydrogens (tertiary/aromatic N) is 1. The van der Waals surface area contributed by atoms with Crippen molar-refractivity contribution in [2.24, 2.45) is 17.6 Å². The van der Waals surface area contributed by atoms with E-state index in [-0.39, 0.29) is 0 Å². The van der Waals surface area contributed by atoms with E-state index >= 15 is 0 Å². The molecule has 1 aromatic rings. The van der Waals surface area contributed by atoms with Gasteiger partial charge in [-0.15, -0.1) is 0 Å². The van der Waals surface area contributed by atoms with E-state index in [1.807, 2.05) is 12.3 Å². The van der Waals surface area contributed by atoms with Gasteiger partial charge in [0, 0.05) is 24.4 Å². The highest BCUT2D eigenvalue weighted by Gasteiger charge is 2.20. The molecule has 1 heterocycles. The van der Waals surface area contributed by atoms with E-state index in [0.717, 1.165) is 0 Å². The molecule has 0 amide bonds. The second-order valence-electron chi connectivity index (χ2n) is 4.81. The summed E-state index contributed by atoms with van der Waals surface area (Å²) in [6.45, 7) is 9.60. The van der Waals surface area contributed by atoms with Crippen LogP contribution in [-0.4, -0.2) is 4.98 Å². The molecule has 0 saturated heterocycles. The molecular formula is C13H22N2. The number of pyridine rings is 1. The Morgan fingerprint density at radius 2 is 1.80 bits per heavy atom. The fraction of sp³-hybridized carbons (Fsp3) is 0.615. The van der Waals surface area contributed by atoms with Gasteiger partial charge in [0.1, 0.15) is 0 Å². The van der Waals surface area contributed by atoms with Gasteiger partial charge in [0.05, 0.1) is 0 Å². The summed E-state index contributed by atoms with van der Waals surface area (Å²) in [4.78, 5) is 4.47. The molecule has 1 aromatic heterocycles. The van der Waals surface area contributed by atoms with Gasteiger partial charge in [-0.25, -0.2) is 0 Å². The van der Waals surface area contributed by atoms with Crippen molar-refractivity contribution in [3.8, 4) is 0 Å². The van der Waals surface area contributed by atoms with Crippen LogP contribution in [0.2, 0.25) is 0 Å². The van der Waals surface area contributed by atoms with Crippen molar-refractivity contribution >= 4 is 0 Å². The number of hydrogen-bond donors (Lipinski definition) is 1. The molecule has 2 nitrogen and oxygen atoms in total. The SMILES string of the molecule is CC(C)C(c1cc(CN)ccn1)C(C)C. The van der Waals surface area contributed by atoms with E-state index in [4.69, 9.17) is 5.73 Å². The molecule has 0 aliphatic heterocycles. The van der Waals surface area contributed by atoms with Gasteiger partial charge < -0.3 is 5.73 Å². The van der Waals surface area contributed by atoms with E-state index in [1.54, 1.807) is 0 Å². The molecule has 1 rings (SSSR count). The highest BCUT2D eigenvalue weighted by Crippen LogP contribution is 2.30. The van der Waals surface area contributed by atoms with Crippen LogP contribution < -0.4 is 5.73 Å². The van der Waals surface area contributed by atoms with Crippen LogP contribution in [0.15, 0.2) is 18.3 Å². The van der Waals surface area contributed by atoms with Gasteiger partial charge >= 0.3 is 0 Å². The van der Waals surface area contributed by atoms with Crippen molar-refractivity contribution in [1.82, 2.24) is 4.98 Å². The first kappa shape index (κ1) is 12.2. The molecule has 0 aliphatic rings. The molecule has 0 unspecified atom stereocenters. The third-order valence-electron chi connectivity index (χ3n) is 2.86. The third-order valence-corrected chi connectivity index (χ3v) is 2.86. The molecule has 0 atom stereocenters. The summed E-state index contributed by atoms with van der Waals surface area (Å²) in [5.41, 5.74) is 8.00. The molecule has 0 spiro atoms. The highest BCUT2D eigenvalue weighted by molar-refractivity contribution is 5.19. The Bertz CT molecular complexity index is 297. The monoisotopic (exact) mass is 206 g/mol. The van der Waals surface area contributed by atoms with Crippen LogP contribution >= 0.6 is 0 Å². The summed E-state index contributed by atoms with van der Waals surface area (Å²) < 4.78 is 0. The first-order valence-corrected chi connectivity index (χ1v) is 5.71. The molecule has 84 valence electrons. The molecule has 15 heavy (non-hydrogen) atoms. The van der Waals surface area contributed by atoms with Crippen LogP contribution in [0.1, 0.15) is 44.9 Å². The molecule has 2 N–H and O–H groups in total. The Labute approximate surface area is 92.9 Å². The van der Waals surface area contributed by atoms with Crippen LogP contribution in [0.4, 0.5) is 0 Å². The average Bonchev–Trinajstić information content (AvgIpc) is 2.17. The molecule has 0 aliphatic carbocycles. The molecule has 2 heteroatoms. The summed E-state index contributed by atoms with van der Waals surface area (Å²) in [6, 6.07) is 4.13. The maximum atomic E-state index is 5.64. The summed E-state index contributed by atoms with van der Waals surface area (Å²) in [7, 11) is 0. The lowest BCUT2D eigenvalue weighted by atomic mass is 9.82. The van der Waals surface area contributed by atoms with Crippen molar-refractivity contribution in [1.29, 1.82) is 0 Å². The fourth-order valence-corrected chi connectivity index (χ4v) is 2.26. The lowest BCUT2D eigenvalue weighted by Crippen LogP contribution is -2.15. The van der Waals surface area contributed by atoms with Gasteiger partial charge in [-0.3, -0.25) is 4.98 Å². The molecule has 0 aromatic carbocycles. The molecule has 0 radical (unpaired) electrons. The second kappa shape index (κ2) is 5.26. The standard InChI is InChI=1S/C13H22N2/c1-9(2)13(10(3)4)12-7-11(8-14)5-6-15-12/h5-7,9-10,13H,8,14H2,1-4H3. The van der Waals surface area contributed by atoms with Crippen LogP contribution in [0, 0.1) is 11.8 Å². The Morgan fingerprint density at radius 1 is 1.20 bits per heavy atom. The quantitative estimate of drug-likeness (QED) is 0.822. The summed E-state index contributed by atoms with van der Waals surface area (Å²) >= 11 is 0. The van der Waals surface area contributed by atoms with Crippen molar-refractivity contribution < 1.29 is 0 Å². The Morgan fingerprint density at radius 3 is 2.27 bits per heavy atom. The number of rotatable bonds is 4. The van der Waals surface area contributed by atoms with Gasteiger partial charge in [-0.2, -0.15) is 0 Å². The minimum absolute atomic E-state index is 0.525. The van der Waals surface area contributed by atoms with Gasteiger partial charge in [0.15, 0.2) is 0 Å². The second-order valence-corrected chi connectivity index (χ2v) is 4.81. The lowest BCUT2D eigenvalue weighted by Gasteiger charge is -2.24. The largest absolute Gasteiger partial charge is 0.326 e. The fourth-order valence-electron chi connectivity index (χ4n) is 2.26. The Balaban J connectivity index is 3.00. The van der Waals surface area contributed by atoms with E-state index in [2.05, 4.69) is 38.7 Å². The number of aromatic nitrogens is 1. The minimum Gasteiger partial charge on any atom is -0.326 e. The molecule has 0 fully saturated rings. The zero-order chi connectivity index (χ0) is 11.4. The van der Waals surface area contributed by atoms with Crippen molar-refractivity contribution in [3.05, 3.63) is 29.6 Å². The van der Waals surface area contributed by atoms with Gasteiger partial charge in [-0.05, 0) is 29.5 Å². The van der Waals surface area contributed by atoms with Gasteiger partial charge in [-0.1, -0.05) is 27.7 Å². The van der Waals surface area contributed by atoms with Crippen molar-refractivity contribution in [2.75, 3.05) is 0 Å². The zero-order valence-corrected chi connectivity index (χ0v) is 10.2. The smallest absolute Gasteiger partial charge is 0.0442 e. The maximum Gasteiger partial charge on any atom is 0.0442 e. The Hall–Kier alpha value is -0.890. The zero-order valence-electron chi connectivity index (χ0n) is 10.2. The lowest BCUT2D eigenvalue weighted by molar-refractivity contribution is 0.380. The first-order valence-electron chi connectivity index (χ1n) is 5.71. The van der Waals surface area contributed by atoms with E-state index in [9.17, 15) is 0 Å². The van der Waals surface area contributed by atoms with E-state index in [0.29, 0.717) is 24.3 Å². The number of nitrogens with two attached hydrogens (primary N) is 1. The van der Waals surface area contributed by atoms with Crippen LogP contribution in [0.25, 0.3) is 0 Å². The normalized spacial score (nSPS) is 11.7. The first-order chi connectivity index (χ1) is 7.06. The summed E-state index contributed by atoms with van der Waals surface area (Å²) in [6.07, 6.45) is 1.87. The van der Waals surface area contributed by atoms with Crippen molar-refractivity contribution in [3.63, 3.8) is 0 Å². The van der Waals surface area contributed by atoms with E-state index < -0.39 is 0 Å². The summed E-state index contributed by atoms with van der Waals surface area (Å²) in [5.74, 6) is 1.76. The van der Waals surface area contributed by atoms with E-state index in [1.165, 1.54) is 11.3 Å². The molecule has 0 saturated carbocycles. The Kier molecular flexibility index (Phi) is 4.28. The average molecular weight is 206 g/mol. The van der Waals surface area contributed by atoms with Gasteiger partial charge in [0.25, 0.3) is 0 Å². The highest BCUT2D eigenvalue weighted by atomic mass is 14.7. The molecular weight excluding hydrogens is 184 g/mol. The maximum absolute atomic E-state index is 5.64. The summed E-state index contributed by atoms with van der Waals surface area (Å²) in [5, 5.41) is 0. The number of hydrogen-bond acceptors (Lipinski definition) is 2. The predicted octanol–water partition coefficient (Wildman–Crippen LogP) is 2.94. The third kappa shape index (κ3) is 3.03. The van der Waals surface area contributed by atoms with Crippen LogP contribution in [-0.2, 0) is 6.54 Å². The van der Waals surface area contributed by atoms with Crippen LogP contribution in [0.5, 0.6) is 0 Å². The van der Waals surface area contributed by atoms with Crippen molar-refractivity contribution in [2.45, 2.75) is 40.2 Å². The van der Waals surface area contributed by atoms with Crippen LogP contribution in [0.3, 0.4) is 0 Å². The predicted molar refractivity (Wildman–Crippen MR) is 64.5 cm³/mol. The minimum atomic E-state index is 0.525.